The number of ether oxygens (including phenoxy) is 3. The molecule has 0 heterocycles. The minimum atomic E-state index is -3.70. The minimum absolute atomic E-state index is 0.677. The van der Waals surface area contributed by atoms with Crippen molar-refractivity contribution in [3.05, 3.63) is 72.8 Å². The van der Waals surface area contributed by atoms with Crippen molar-refractivity contribution in [2.24, 2.45) is 0 Å². The lowest BCUT2D eigenvalue weighted by molar-refractivity contribution is 0.392. The number of methoxy groups -OCH3 is 3. The van der Waals surface area contributed by atoms with Crippen LogP contribution in [-0.2, 0) is 10.1 Å². The maximum absolute atomic E-state index is 12.5. The van der Waals surface area contributed by atoms with Gasteiger partial charge in [-0.2, -0.15) is 8.42 Å². The molecule has 0 spiro atoms. The Hall–Kier alpha value is -2.68. The molecule has 0 aromatic heterocycles. The van der Waals surface area contributed by atoms with Crippen LogP contribution in [0.25, 0.3) is 0 Å². The Balaban J connectivity index is 2.33. The fourth-order valence-corrected chi connectivity index (χ4v) is 8.12. The lowest BCUT2D eigenvalue weighted by Crippen LogP contribution is -2.17. The standard InChI is InChI=1S/C22H24O6S2/c1-25-17-5-11-20(12-6-17)30(28-29(4,23)24,21-13-7-18(26-2)8-14-21)22-15-9-19(27-3)10-16-22/h5-16H,1-4H3/p+1. The van der Waals surface area contributed by atoms with E-state index in [-0.39, 0.29) is 0 Å². The largest absolute Gasteiger partial charge is 0.497 e. The molecule has 0 aliphatic carbocycles. The van der Waals surface area contributed by atoms with Crippen molar-refractivity contribution in [1.29, 1.82) is 0 Å². The van der Waals surface area contributed by atoms with Crippen LogP contribution in [0.2, 0.25) is 0 Å². The number of benzene rings is 3. The van der Waals surface area contributed by atoms with Gasteiger partial charge in [-0.25, -0.2) is 0 Å². The summed E-state index contributed by atoms with van der Waals surface area (Å²) in [4.78, 5) is 2.30. The summed E-state index contributed by atoms with van der Waals surface area (Å²) in [5, 5.41) is 0. The molecule has 3 aromatic rings. The molecule has 30 heavy (non-hydrogen) atoms. The highest BCUT2D eigenvalue weighted by Crippen LogP contribution is 2.68. The maximum atomic E-state index is 12.5. The second kappa shape index (κ2) is 8.99. The molecular weight excluding hydrogens is 424 g/mol. The third-order valence-electron chi connectivity index (χ3n) is 4.45. The molecule has 0 aliphatic heterocycles. The van der Waals surface area contributed by atoms with Crippen molar-refractivity contribution in [2.75, 3.05) is 27.6 Å². The van der Waals surface area contributed by atoms with Crippen LogP contribution >= 0.6 is 10.3 Å². The molecule has 0 aliphatic rings. The van der Waals surface area contributed by atoms with Gasteiger partial charge in [0, 0.05) is 0 Å². The fourth-order valence-electron chi connectivity index (χ4n) is 3.06. The van der Waals surface area contributed by atoms with Gasteiger partial charge >= 0.3 is 10.1 Å². The lowest BCUT2D eigenvalue weighted by Gasteiger charge is -2.34. The molecule has 0 amide bonds. The molecule has 6 nitrogen and oxygen atoms in total. The van der Waals surface area contributed by atoms with Crippen LogP contribution < -0.4 is 14.2 Å². The second-order valence-electron chi connectivity index (χ2n) is 6.41. The summed E-state index contributed by atoms with van der Waals surface area (Å²) in [5.74, 6) is 2.03. The minimum Gasteiger partial charge on any atom is -0.497 e. The van der Waals surface area contributed by atoms with Gasteiger partial charge in [0.05, 0.1) is 46.3 Å². The molecule has 0 fully saturated rings. The molecule has 3 aromatic carbocycles. The highest BCUT2D eigenvalue weighted by molar-refractivity contribution is 8.32. The number of rotatable bonds is 8. The highest BCUT2D eigenvalue weighted by Gasteiger charge is 2.41. The Morgan fingerprint density at radius 1 is 0.567 bits per heavy atom. The van der Waals surface area contributed by atoms with Crippen molar-refractivity contribution in [1.82, 2.24) is 0 Å². The number of hydrogen-bond acceptors (Lipinski definition) is 5. The first-order valence-electron chi connectivity index (χ1n) is 9.02. The Kier molecular flexibility index (Phi) is 6.60. The molecule has 0 saturated heterocycles. The monoisotopic (exact) mass is 449 g/mol. The Morgan fingerprint density at radius 2 is 0.833 bits per heavy atom. The van der Waals surface area contributed by atoms with Gasteiger partial charge in [-0.3, -0.25) is 3.63 Å². The fraction of sp³-hybridized carbons (Fsp3) is 0.182. The smallest absolute Gasteiger partial charge is 0.387 e. The van der Waals surface area contributed by atoms with E-state index in [1.807, 2.05) is 72.8 Å². The summed E-state index contributed by atoms with van der Waals surface area (Å²) in [6.45, 7) is 0. The third-order valence-corrected chi connectivity index (χ3v) is 9.29. The van der Waals surface area contributed by atoms with Gasteiger partial charge in [-0.05, 0) is 72.8 Å². The van der Waals surface area contributed by atoms with Gasteiger partial charge in [0.1, 0.15) is 23.5 Å². The van der Waals surface area contributed by atoms with Crippen molar-refractivity contribution in [3.63, 3.8) is 0 Å². The average molecular weight is 450 g/mol. The predicted molar refractivity (Wildman–Crippen MR) is 119 cm³/mol. The van der Waals surface area contributed by atoms with Gasteiger partial charge in [0.15, 0.2) is 0 Å². The van der Waals surface area contributed by atoms with E-state index < -0.39 is 20.4 Å². The van der Waals surface area contributed by atoms with Crippen molar-refractivity contribution in [3.8, 4) is 17.2 Å². The van der Waals surface area contributed by atoms with Crippen LogP contribution in [0.3, 0.4) is 0 Å². The molecule has 0 radical (unpaired) electrons. The van der Waals surface area contributed by atoms with Crippen LogP contribution in [0.1, 0.15) is 0 Å². The van der Waals surface area contributed by atoms with Gasteiger partial charge in [-0.1, -0.05) is 0 Å². The Labute approximate surface area is 179 Å². The molecular formula is C22H25O6S2+. The van der Waals surface area contributed by atoms with E-state index in [9.17, 15) is 8.42 Å². The van der Waals surface area contributed by atoms with E-state index in [1.54, 1.807) is 21.3 Å². The molecule has 8 heteroatoms. The Morgan fingerprint density at radius 3 is 1.03 bits per heavy atom. The Bertz CT molecular complexity index is 960. The molecule has 1 N–H and O–H groups in total. The van der Waals surface area contributed by atoms with Gasteiger partial charge in [0.25, 0.3) is 0 Å². The molecule has 3 rings (SSSR count). The summed E-state index contributed by atoms with van der Waals surface area (Å²) >= 11 is 0. The third kappa shape index (κ3) is 4.56. The summed E-state index contributed by atoms with van der Waals surface area (Å²) in [5.41, 5.74) is 0. The topological polar surface area (TPSA) is 74.6 Å². The summed E-state index contributed by atoms with van der Waals surface area (Å²) in [7, 11) is -1.44. The van der Waals surface area contributed by atoms with Gasteiger partial charge in [0.2, 0.25) is 0 Å². The van der Waals surface area contributed by atoms with Crippen LogP contribution in [0.4, 0.5) is 0 Å². The van der Waals surface area contributed by atoms with E-state index in [4.69, 9.17) is 14.2 Å². The zero-order valence-electron chi connectivity index (χ0n) is 17.2. The average Bonchev–Trinajstić information content (AvgIpc) is 2.77. The molecule has 160 valence electrons. The second-order valence-corrected chi connectivity index (χ2v) is 11.1. The van der Waals surface area contributed by atoms with Crippen LogP contribution in [0, 0.1) is 0 Å². The van der Waals surface area contributed by atoms with Crippen molar-refractivity contribution < 1.29 is 26.3 Å². The summed E-state index contributed by atoms with van der Waals surface area (Å²) in [6.07, 6.45) is 1.12. The van der Waals surface area contributed by atoms with Crippen molar-refractivity contribution in [2.45, 2.75) is 14.7 Å². The van der Waals surface area contributed by atoms with Gasteiger partial charge in [-0.15, -0.1) is 0 Å². The van der Waals surface area contributed by atoms with Crippen molar-refractivity contribution >= 4 is 20.4 Å². The highest BCUT2D eigenvalue weighted by atomic mass is 32.3. The van der Waals surface area contributed by atoms with E-state index in [1.165, 1.54) is 0 Å². The van der Waals surface area contributed by atoms with Crippen LogP contribution in [-0.4, -0.2) is 39.6 Å². The molecule has 0 bridgehead atoms. The lowest BCUT2D eigenvalue weighted by atomic mass is 10.3. The SMILES string of the molecule is COc1ccc(S([OH+]S(C)(=O)=O)(c2ccc(OC)cc2)c2ccc(OC)cc2)cc1. The van der Waals surface area contributed by atoms with E-state index in [2.05, 4.69) is 3.63 Å². The molecule has 0 saturated carbocycles. The predicted octanol–water partition coefficient (Wildman–Crippen LogP) is 4.96. The normalized spacial score (nSPS) is 12.3. The molecule has 0 atom stereocenters. The van der Waals surface area contributed by atoms with Crippen LogP contribution in [0.15, 0.2) is 87.5 Å². The van der Waals surface area contributed by atoms with E-state index in [0.29, 0.717) is 17.2 Å². The zero-order valence-corrected chi connectivity index (χ0v) is 18.9. The quantitative estimate of drug-likeness (QED) is 0.359. The van der Waals surface area contributed by atoms with E-state index >= 15 is 0 Å². The number of hydrogen-bond donors (Lipinski definition) is 0. The van der Waals surface area contributed by atoms with Crippen LogP contribution in [0.5, 0.6) is 17.2 Å². The van der Waals surface area contributed by atoms with E-state index in [0.717, 1.165) is 20.9 Å². The summed E-state index contributed by atoms with van der Waals surface area (Å²) < 4.78 is 45.3. The maximum Gasteiger partial charge on any atom is 0.387 e. The first-order chi connectivity index (χ1) is 14.3. The first-order valence-corrected chi connectivity index (χ1v) is 12.5. The van der Waals surface area contributed by atoms with Gasteiger partial charge < -0.3 is 14.2 Å². The zero-order chi connectivity index (χ0) is 21.8. The summed E-state index contributed by atoms with van der Waals surface area (Å²) in [6, 6.07) is 22.0. The molecule has 0 unspecified atom stereocenters. The first kappa shape index (κ1) is 22.0.